The molecule has 0 fully saturated rings. The predicted molar refractivity (Wildman–Crippen MR) is 115 cm³/mol. The Morgan fingerprint density at radius 1 is 0.692 bits per heavy atom. The van der Waals surface area contributed by atoms with Crippen molar-refractivity contribution in [2.75, 3.05) is 27.2 Å². The first-order valence-electron chi connectivity index (χ1n) is 11.1. The third-order valence-corrected chi connectivity index (χ3v) is 4.63. The first-order valence-corrected chi connectivity index (χ1v) is 11.1. The van der Waals surface area contributed by atoms with Crippen molar-refractivity contribution < 1.29 is 9.90 Å². The van der Waals surface area contributed by atoms with Gasteiger partial charge in [-0.15, -0.1) is 0 Å². The smallest absolute Gasteiger partial charge is 0.317 e. The molecule has 0 aliphatic carbocycles. The van der Waals surface area contributed by atoms with Gasteiger partial charge < -0.3 is 15.7 Å². The van der Waals surface area contributed by atoms with Gasteiger partial charge in [-0.2, -0.15) is 0 Å². The highest BCUT2D eigenvalue weighted by atomic mass is 16.4. The van der Waals surface area contributed by atoms with Crippen LogP contribution in [0, 0.1) is 0 Å². The van der Waals surface area contributed by atoms with E-state index < -0.39 is 5.97 Å². The average molecular weight is 373 g/mol. The van der Waals surface area contributed by atoms with Gasteiger partial charge in [0.05, 0.1) is 6.54 Å². The largest absolute Gasteiger partial charge is 0.480 e. The fourth-order valence-corrected chi connectivity index (χ4v) is 2.98. The monoisotopic (exact) mass is 372 g/mol. The molecule has 3 N–H and O–H groups in total. The van der Waals surface area contributed by atoms with Crippen molar-refractivity contribution >= 4 is 5.97 Å². The number of hydrogen-bond donors (Lipinski definition) is 2. The molecule has 4 nitrogen and oxygen atoms in total. The molecule has 0 aliphatic heterocycles. The predicted octanol–water partition coefficient (Wildman–Crippen LogP) is 5.84. The van der Waals surface area contributed by atoms with Crippen molar-refractivity contribution in [3.63, 3.8) is 0 Å². The molecule has 0 bridgehead atoms. The molecule has 0 atom stereocenters. The minimum absolute atomic E-state index is 0.278. The van der Waals surface area contributed by atoms with Crippen molar-refractivity contribution in [1.82, 2.24) is 4.90 Å². The van der Waals surface area contributed by atoms with Gasteiger partial charge in [0, 0.05) is 0 Å². The molecule has 4 heteroatoms. The highest BCUT2D eigenvalue weighted by Crippen LogP contribution is 2.13. The molecule has 0 aromatic rings. The summed E-state index contributed by atoms with van der Waals surface area (Å²) in [6.45, 7) is 3.28. The zero-order chi connectivity index (χ0) is 19.9. The Morgan fingerprint density at radius 2 is 0.962 bits per heavy atom. The molecule has 0 aromatic heterocycles. The van der Waals surface area contributed by atoms with Gasteiger partial charge in [-0.1, -0.05) is 103 Å². The zero-order valence-electron chi connectivity index (χ0n) is 18.1. The molecule has 0 saturated carbocycles. The van der Waals surface area contributed by atoms with Crippen LogP contribution in [0.1, 0.15) is 110 Å². The maximum absolute atomic E-state index is 9.24. The van der Waals surface area contributed by atoms with Crippen molar-refractivity contribution in [3.8, 4) is 0 Å². The lowest BCUT2D eigenvalue weighted by Gasteiger charge is -2.08. The second kappa shape index (κ2) is 24.4. The number of nitrogens with zero attached hydrogens (tertiary/aromatic N) is 1. The SMILES string of the molecule is CCCCCCCCCCCCCCCCCCN(C)C.NCC(=O)O. The quantitative estimate of drug-likeness (QED) is 0.297. The van der Waals surface area contributed by atoms with Crippen LogP contribution in [0.25, 0.3) is 0 Å². The lowest BCUT2D eigenvalue weighted by Crippen LogP contribution is -2.12. The highest BCUT2D eigenvalue weighted by molar-refractivity contribution is 5.68. The van der Waals surface area contributed by atoms with Crippen molar-refractivity contribution in [1.29, 1.82) is 0 Å². The minimum atomic E-state index is -0.968. The molecule has 0 spiro atoms. The van der Waals surface area contributed by atoms with E-state index in [1.807, 2.05) is 0 Å². The molecule has 0 rings (SSSR count). The molecule has 0 saturated heterocycles. The number of hydrogen-bond acceptors (Lipinski definition) is 3. The second-order valence-corrected chi connectivity index (χ2v) is 7.70. The van der Waals surface area contributed by atoms with Gasteiger partial charge in [0.1, 0.15) is 0 Å². The summed E-state index contributed by atoms with van der Waals surface area (Å²) in [7, 11) is 4.34. The highest BCUT2D eigenvalue weighted by Gasteiger charge is 1.95. The van der Waals surface area contributed by atoms with Gasteiger partial charge in [0.2, 0.25) is 0 Å². The first-order chi connectivity index (χ1) is 12.5. The summed E-state index contributed by atoms with van der Waals surface area (Å²) in [4.78, 5) is 11.5. The summed E-state index contributed by atoms with van der Waals surface area (Å²) < 4.78 is 0. The number of unbranched alkanes of at least 4 members (excludes halogenated alkanes) is 15. The molecular weight excluding hydrogens is 324 g/mol. The number of carbonyl (C=O) groups is 1. The summed E-state index contributed by atoms with van der Waals surface area (Å²) in [5.74, 6) is -0.968. The minimum Gasteiger partial charge on any atom is -0.480 e. The summed E-state index contributed by atoms with van der Waals surface area (Å²) in [5, 5.41) is 7.60. The standard InChI is InChI=1S/C20H43N.C2H5NO2/c1-4-5-6-7-8-9-10-11-12-13-14-15-16-17-18-19-20-21(2)3;3-1-2(4)5/h4-20H2,1-3H3;1,3H2,(H,4,5). The van der Waals surface area contributed by atoms with Gasteiger partial charge in [-0.05, 0) is 27.1 Å². The van der Waals surface area contributed by atoms with Crippen molar-refractivity contribution in [2.45, 2.75) is 110 Å². The summed E-state index contributed by atoms with van der Waals surface area (Å²) in [6.07, 6.45) is 23.3. The Balaban J connectivity index is 0. The topological polar surface area (TPSA) is 66.6 Å². The normalized spacial score (nSPS) is 10.7. The van der Waals surface area contributed by atoms with E-state index in [2.05, 4.69) is 31.7 Å². The molecule has 0 heterocycles. The average Bonchev–Trinajstić information content (AvgIpc) is 2.61. The molecule has 158 valence electrons. The van der Waals surface area contributed by atoms with Gasteiger partial charge in [-0.3, -0.25) is 4.79 Å². The van der Waals surface area contributed by atoms with Crippen LogP contribution in [0.5, 0.6) is 0 Å². The van der Waals surface area contributed by atoms with E-state index in [-0.39, 0.29) is 6.54 Å². The number of nitrogens with two attached hydrogens (primary N) is 1. The number of carboxylic acid groups (broad SMARTS) is 1. The van der Waals surface area contributed by atoms with Gasteiger partial charge in [0.15, 0.2) is 0 Å². The first kappa shape index (κ1) is 27.6. The number of carboxylic acids is 1. The van der Waals surface area contributed by atoms with E-state index >= 15 is 0 Å². The van der Waals surface area contributed by atoms with Crippen molar-refractivity contribution in [2.24, 2.45) is 5.73 Å². The van der Waals surface area contributed by atoms with E-state index in [1.54, 1.807) is 0 Å². The fraction of sp³-hybridized carbons (Fsp3) is 0.955. The Morgan fingerprint density at radius 3 is 1.19 bits per heavy atom. The molecular formula is C22H48N2O2. The molecule has 0 radical (unpaired) electrons. The summed E-state index contributed by atoms with van der Waals surface area (Å²) in [5.41, 5.74) is 4.57. The molecule has 0 amide bonds. The van der Waals surface area contributed by atoms with Crippen LogP contribution in [0.15, 0.2) is 0 Å². The summed E-state index contributed by atoms with van der Waals surface area (Å²) >= 11 is 0. The third kappa shape index (κ3) is 31.2. The molecule has 26 heavy (non-hydrogen) atoms. The number of aliphatic carboxylic acids is 1. The van der Waals surface area contributed by atoms with Gasteiger partial charge in [-0.25, -0.2) is 0 Å². The Labute approximate surface area is 163 Å². The van der Waals surface area contributed by atoms with Crippen molar-refractivity contribution in [3.05, 3.63) is 0 Å². The maximum atomic E-state index is 9.24. The third-order valence-electron chi connectivity index (χ3n) is 4.63. The van der Waals surface area contributed by atoms with E-state index in [9.17, 15) is 4.79 Å². The molecule has 0 unspecified atom stereocenters. The van der Waals surface area contributed by atoms with Crippen LogP contribution in [0.4, 0.5) is 0 Å². The van der Waals surface area contributed by atoms with E-state index in [0.717, 1.165) is 0 Å². The lowest BCUT2D eigenvalue weighted by molar-refractivity contribution is -0.135. The van der Waals surface area contributed by atoms with Crippen LogP contribution in [-0.2, 0) is 4.79 Å². The molecule has 0 aromatic carbocycles. The van der Waals surface area contributed by atoms with Gasteiger partial charge in [0.25, 0.3) is 0 Å². The van der Waals surface area contributed by atoms with E-state index in [1.165, 1.54) is 109 Å². The fourth-order valence-electron chi connectivity index (χ4n) is 2.98. The second-order valence-electron chi connectivity index (χ2n) is 7.70. The summed E-state index contributed by atoms with van der Waals surface area (Å²) in [6, 6.07) is 0. The molecule has 0 aliphatic rings. The zero-order valence-corrected chi connectivity index (χ0v) is 18.1. The van der Waals surface area contributed by atoms with Crippen LogP contribution < -0.4 is 5.73 Å². The Kier molecular flexibility index (Phi) is 25.9. The van der Waals surface area contributed by atoms with E-state index in [0.29, 0.717) is 0 Å². The van der Waals surface area contributed by atoms with Crippen LogP contribution in [0.2, 0.25) is 0 Å². The van der Waals surface area contributed by atoms with Gasteiger partial charge >= 0.3 is 5.97 Å². The Hall–Kier alpha value is -0.610. The van der Waals surface area contributed by atoms with E-state index in [4.69, 9.17) is 5.11 Å². The number of rotatable bonds is 18. The van der Waals surface area contributed by atoms with Crippen LogP contribution in [0.3, 0.4) is 0 Å². The van der Waals surface area contributed by atoms with Crippen LogP contribution >= 0.6 is 0 Å². The Bertz CT molecular complexity index is 271. The lowest BCUT2D eigenvalue weighted by atomic mass is 10.0. The van der Waals surface area contributed by atoms with Crippen LogP contribution in [-0.4, -0.2) is 43.2 Å². The maximum Gasteiger partial charge on any atom is 0.317 e.